The highest BCUT2D eigenvalue weighted by Gasteiger charge is 2.25. The standard InChI is InChI=1S/C42H49F2N3O4Si/c1-29(48)45-42(2,3)32-13-15-34(16-14-32)51-41-36(24-30-10-8-7-9-11-30)35-25-31(12-17-39(35)47(41)28-50-22-23-52(4,5)6)40-37(43)26-33(27-38(40)44)46-18-20-49-21-19-46/h7-17,25-27H,18-24,28H2,1-6H3,(H,45,48). The summed E-state index contributed by atoms with van der Waals surface area (Å²) in [5, 5.41) is 3.82. The van der Waals surface area contributed by atoms with Crippen LogP contribution in [0.5, 0.6) is 11.6 Å². The first-order chi connectivity index (χ1) is 24.8. The summed E-state index contributed by atoms with van der Waals surface area (Å²) in [4.78, 5) is 13.8. The third kappa shape index (κ3) is 8.74. The Kier molecular flexibility index (Phi) is 11.2. The number of nitrogens with zero attached hydrogens (tertiary/aromatic N) is 2. The van der Waals surface area contributed by atoms with Gasteiger partial charge >= 0.3 is 0 Å². The van der Waals surface area contributed by atoms with Crippen molar-refractivity contribution in [2.75, 3.05) is 37.8 Å². The molecule has 1 aromatic heterocycles. The number of carbonyl (C=O) groups is 1. The van der Waals surface area contributed by atoms with Crippen molar-refractivity contribution in [3.8, 4) is 22.8 Å². The monoisotopic (exact) mass is 725 g/mol. The molecule has 7 nitrogen and oxygen atoms in total. The van der Waals surface area contributed by atoms with Gasteiger partial charge in [0, 0.05) is 57.8 Å². The minimum absolute atomic E-state index is 0.0662. The van der Waals surface area contributed by atoms with Gasteiger partial charge in [0.25, 0.3) is 0 Å². The summed E-state index contributed by atoms with van der Waals surface area (Å²) < 4.78 is 52.3. The van der Waals surface area contributed by atoms with E-state index in [0.717, 1.165) is 33.6 Å². The van der Waals surface area contributed by atoms with E-state index >= 15 is 8.78 Å². The SMILES string of the molecule is CC(=O)NC(C)(C)c1ccc(Oc2c(Cc3ccccc3)c3cc(-c4c(F)cc(N5CCOCC5)cc4F)ccc3n2COCC[Si](C)(C)C)cc1. The minimum Gasteiger partial charge on any atom is -0.440 e. The number of halogens is 2. The van der Waals surface area contributed by atoms with Gasteiger partial charge in [-0.3, -0.25) is 9.36 Å². The van der Waals surface area contributed by atoms with Crippen molar-refractivity contribution in [2.45, 2.75) is 65.1 Å². The number of ether oxygens (including phenoxy) is 3. The van der Waals surface area contributed by atoms with Crippen molar-refractivity contribution in [1.29, 1.82) is 0 Å². The highest BCUT2D eigenvalue weighted by Crippen LogP contribution is 2.40. The molecule has 0 atom stereocenters. The van der Waals surface area contributed by atoms with E-state index in [0.29, 0.717) is 62.2 Å². The van der Waals surface area contributed by atoms with Crippen LogP contribution < -0.4 is 15.0 Å². The summed E-state index contributed by atoms with van der Waals surface area (Å²) in [6, 6.07) is 27.2. The van der Waals surface area contributed by atoms with Gasteiger partial charge in [-0.2, -0.15) is 0 Å². The lowest BCUT2D eigenvalue weighted by Gasteiger charge is -2.29. The maximum absolute atomic E-state index is 15.9. The zero-order valence-corrected chi connectivity index (χ0v) is 32.0. The fourth-order valence-electron chi connectivity index (χ4n) is 6.71. The molecular formula is C42H49F2N3O4Si. The van der Waals surface area contributed by atoms with Gasteiger partial charge in [0.2, 0.25) is 11.8 Å². The van der Waals surface area contributed by atoms with Crippen molar-refractivity contribution >= 4 is 30.6 Å². The average molecular weight is 726 g/mol. The molecule has 0 bridgehead atoms. The van der Waals surface area contributed by atoms with Crippen LogP contribution in [0.2, 0.25) is 25.7 Å². The fraction of sp³-hybridized carbons (Fsp3) is 0.357. The Morgan fingerprint density at radius 2 is 1.60 bits per heavy atom. The topological polar surface area (TPSA) is 65.0 Å². The molecule has 0 aliphatic carbocycles. The molecule has 2 heterocycles. The van der Waals surface area contributed by atoms with Crippen LogP contribution in [0.1, 0.15) is 37.5 Å². The van der Waals surface area contributed by atoms with Gasteiger partial charge in [-0.15, -0.1) is 0 Å². The third-order valence-electron chi connectivity index (χ3n) is 9.53. The molecule has 5 aromatic rings. The van der Waals surface area contributed by atoms with E-state index in [9.17, 15) is 4.79 Å². The van der Waals surface area contributed by atoms with Crippen molar-refractivity contribution in [2.24, 2.45) is 0 Å². The van der Waals surface area contributed by atoms with Crippen molar-refractivity contribution in [1.82, 2.24) is 9.88 Å². The maximum atomic E-state index is 15.9. The molecule has 0 unspecified atom stereocenters. The number of carbonyl (C=O) groups excluding carboxylic acids is 1. The molecule has 1 amide bonds. The van der Waals surface area contributed by atoms with Gasteiger partial charge < -0.3 is 24.4 Å². The predicted molar refractivity (Wildman–Crippen MR) is 207 cm³/mol. The quantitative estimate of drug-likeness (QED) is 0.0968. The van der Waals surface area contributed by atoms with E-state index in [1.54, 1.807) is 6.07 Å². The van der Waals surface area contributed by atoms with Crippen LogP contribution in [0.25, 0.3) is 22.0 Å². The van der Waals surface area contributed by atoms with Crippen molar-refractivity contribution in [3.05, 3.63) is 113 Å². The van der Waals surface area contributed by atoms with Gasteiger partial charge in [-0.05, 0) is 73.0 Å². The molecule has 6 rings (SSSR count). The molecule has 1 N–H and O–H groups in total. The summed E-state index contributed by atoms with van der Waals surface area (Å²) in [5.41, 5.74) is 4.04. The van der Waals surface area contributed by atoms with Crippen LogP contribution in [0, 0.1) is 11.6 Å². The Morgan fingerprint density at radius 1 is 0.923 bits per heavy atom. The molecule has 4 aromatic carbocycles. The molecule has 10 heteroatoms. The molecule has 52 heavy (non-hydrogen) atoms. The Bertz CT molecular complexity index is 1990. The molecule has 1 saturated heterocycles. The van der Waals surface area contributed by atoms with Gasteiger partial charge in [0.1, 0.15) is 24.1 Å². The zero-order valence-electron chi connectivity index (χ0n) is 31.0. The number of amides is 1. The van der Waals surface area contributed by atoms with Crippen LogP contribution in [-0.4, -0.2) is 51.5 Å². The van der Waals surface area contributed by atoms with Crippen LogP contribution in [0.3, 0.4) is 0 Å². The van der Waals surface area contributed by atoms with Gasteiger partial charge in [-0.25, -0.2) is 8.78 Å². The van der Waals surface area contributed by atoms with Crippen LogP contribution in [0.4, 0.5) is 14.5 Å². The lowest BCUT2D eigenvalue weighted by atomic mass is 9.94. The Morgan fingerprint density at radius 3 is 2.23 bits per heavy atom. The Labute approximate surface area is 306 Å². The number of benzene rings is 4. The van der Waals surface area contributed by atoms with E-state index in [4.69, 9.17) is 14.2 Å². The summed E-state index contributed by atoms with van der Waals surface area (Å²) in [5.74, 6) is -0.126. The minimum atomic E-state index is -1.34. The van der Waals surface area contributed by atoms with Crippen LogP contribution in [0.15, 0.2) is 84.9 Å². The fourth-order valence-corrected chi connectivity index (χ4v) is 7.47. The van der Waals surface area contributed by atoms with E-state index in [1.807, 2.05) is 77.9 Å². The maximum Gasteiger partial charge on any atom is 0.217 e. The summed E-state index contributed by atoms with van der Waals surface area (Å²) in [6.45, 7) is 15.4. The molecule has 0 spiro atoms. The molecule has 0 saturated carbocycles. The highest BCUT2D eigenvalue weighted by atomic mass is 28.3. The smallest absolute Gasteiger partial charge is 0.217 e. The van der Waals surface area contributed by atoms with Crippen LogP contribution in [-0.2, 0) is 33.0 Å². The van der Waals surface area contributed by atoms with Crippen molar-refractivity contribution < 1.29 is 27.8 Å². The predicted octanol–water partition coefficient (Wildman–Crippen LogP) is 9.49. The first kappa shape index (κ1) is 37.3. The number of hydrogen-bond acceptors (Lipinski definition) is 5. The first-order valence-corrected chi connectivity index (χ1v) is 21.7. The lowest BCUT2D eigenvalue weighted by Crippen LogP contribution is -2.39. The zero-order chi connectivity index (χ0) is 37.0. The largest absolute Gasteiger partial charge is 0.440 e. The molecule has 1 aliphatic rings. The molecule has 274 valence electrons. The number of hydrogen-bond donors (Lipinski definition) is 1. The number of morpholine rings is 1. The van der Waals surface area contributed by atoms with Gasteiger partial charge in [0.15, 0.2) is 0 Å². The van der Waals surface area contributed by atoms with E-state index < -0.39 is 25.2 Å². The lowest BCUT2D eigenvalue weighted by molar-refractivity contribution is -0.120. The van der Waals surface area contributed by atoms with Gasteiger partial charge in [-0.1, -0.05) is 68.2 Å². The summed E-state index contributed by atoms with van der Waals surface area (Å²) in [7, 11) is -1.34. The second-order valence-electron chi connectivity index (χ2n) is 15.3. The molecule has 1 aliphatic heterocycles. The van der Waals surface area contributed by atoms with E-state index in [-0.39, 0.29) is 18.2 Å². The van der Waals surface area contributed by atoms with Gasteiger partial charge in [0.05, 0.1) is 29.8 Å². The molecular weight excluding hydrogens is 677 g/mol. The van der Waals surface area contributed by atoms with E-state index in [1.165, 1.54) is 19.1 Å². The third-order valence-corrected chi connectivity index (χ3v) is 11.2. The normalized spacial score (nSPS) is 13.8. The second-order valence-corrected chi connectivity index (χ2v) is 20.9. The summed E-state index contributed by atoms with van der Waals surface area (Å²) in [6.07, 6.45) is 0.520. The number of nitrogens with one attached hydrogen (secondary N) is 1. The average Bonchev–Trinajstić information content (AvgIpc) is 3.37. The number of fused-ring (bicyclic) bond motifs is 1. The number of aromatic nitrogens is 1. The Hall–Kier alpha value is -4.51. The van der Waals surface area contributed by atoms with Crippen LogP contribution >= 0.6 is 0 Å². The number of anilines is 1. The molecule has 0 radical (unpaired) electrons. The first-order valence-electron chi connectivity index (χ1n) is 17.9. The Balaban J connectivity index is 1.45. The van der Waals surface area contributed by atoms with E-state index in [2.05, 4.69) is 37.1 Å². The highest BCUT2D eigenvalue weighted by molar-refractivity contribution is 6.76. The number of rotatable bonds is 13. The second kappa shape index (κ2) is 15.6. The molecule has 1 fully saturated rings. The summed E-state index contributed by atoms with van der Waals surface area (Å²) >= 11 is 0. The van der Waals surface area contributed by atoms with Crippen molar-refractivity contribution in [3.63, 3.8) is 0 Å².